The molecule has 0 saturated heterocycles. The lowest BCUT2D eigenvalue weighted by atomic mass is 10.1. The van der Waals surface area contributed by atoms with Crippen LogP contribution in [0.5, 0.6) is 5.75 Å². The molecule has 0 radical (unpaired) electrons. The number of para-hydroxylation sites is 2. The molecule has 24 heavy (non-hydrogen) atoms. The van der Waals surface area contributed by atoms with Crippen molar-refractivity contribution in [1.82, 2.24) is 0 Å². The largest absolute Gasteiger partial charge is 0.488 e. The minimum atomic E-state index is -0.201. The van der Waals surface area contributed by atoms with Gasteiger partial charge in [0.25, 0.3) is 5.91 Å². The second-order valence-electron chi connectivity index (χ2n) is 5.23. The van der Waals surface area contributed by atoms with E-state index in [9.17, 15) is 4.79 Å². The van der Waals surface area contributed by atoms with Crippen molar-refractivity contribution in [3.63, 3.8) is 0 Å². The van der Waals surface area contributed by atoms with Gasteiger partial charge in [0.15, 0.2) is 0 Å². The highest BCUT2D eigenvalue weighted by atomic mass is 35.5. The van der Waals surface area contributed by atoms with Gasteiger partial charge in [-0.05, 0) is 42.0 Å². The maximum atomic E-state index is 12.5. The van der Waals surface area contributed by atoms with Crippen LogP contribution in [0.25, 0.3) is 0 Å². The molecule has 3 aromatic rings. The zero-order chi connectivity index (χ0) is 16.8. The lowest BCUT2D eigenvalue weighted by Gasteiger charge is -2.12. The number of amides is 1. The molecule has 0 aliphatic carbocycles. The first-order valence-electron chi connectivity index (χ1n) is 7.55. The summed E-state index contributed by atoms with van der Waals surface area (Å²) in [6.07, 6.45) is 0. The highest BCUT2D eigenvalue weighted by Gasteiger charge is 2.12. The molecule has 3 aromatic carbocycles. The lowest BCUT2D eigenvalue weighted by molar-refractivity contribution is 0.102. The number of anilines is 1. The third-order valence-corrected chi connectivity index (χ3v) is 3.72. The van der Waals surface area contributed by atoms with Gasteiger partial charge in [-0.2, -0.15) is 0 Å². The Labute approximate surface area is 145 Å². The Bertz CT molecular complexity index is 817. The summed E-state index contributed by atoms with van der Waals surface area (Å²) in [5.74, 6) is 0.341. The SMILES string of the molecule is O=C(Nc1ccccc1)c1ccccc1OCc1ccc(Cl)cc1. The number of hydrogen-bond donors (Lipinski definition) is 1. The van der Waals surface area contributed by atoms with Gasteiger partial charge in [-0.1, -0.05) is 54.1 Å². The molecule has 0 fully saturated rings. The van der Waals surface area contributed by atoms with Gasteiger partial charge >= 0.3 is 0 Å². The molecule has 0 spiro atoms. The standard InChI is InChI=1S/C20H16ClNO2/c21-16-12-10-15(11-13-16)14-24-19-9-5-4-8-18(19)20(23)22-17-6-2-1-3-7-17/h1-13H,14H2,(H,22,23). The van der Waals surface area contributed by atoms with Crippen molar-refractivity contribution in [2.45, 2.75) is 6.61 Å². The van der Waals surface area contributed by atoms with E-state index in [4.69, 9.17) is 16.3 Å². The molecule has 0 bridgehead atoms. The van der Waals surface area contributed by atoms with Crippen LogP contribution in [0, 0.1) is 0 Å². The summed E-state index contributed by atoms with van der Waals surface area (Å²) < 4.78 is 5.82. The van der Waals surface area contributed by atoms with Gasteiger partial charge in [-0.25, -0.2) is 0 Å². The average molecular weight is 338 g/mol. The normalized spacial score (nSPS) is 10.2. The number of benzene rings is 3. The number of ether oxygens (including phenoxy) is 1. The maximum Gasteiger partial charge on any atom is 0.259 e. The molecule has 0 aliphatic rings. The van der Waals surface area contributed by atoms with E-state index in [1.807, 2.05) is 66.7 Å². The molecule has 0 atom stereocenters. The fourth-order valence-electron chi connectivity index (χ4n) is 2.24. The molecule has 3 nitrogen and oxygen atoms in total. The van der Waals surface area contributed by atoms with Gasteiger partial charge in [-0.3, -0.25) is 4.79 Å². The van der Waals surface area contributed by atoms with E-state index in [2.05, 4.69) is 5.32 Å². The number of carbonyl (C=O) groups excluding carboxylic acids is 1. The average Bonchev–Trinajstić information content (AvgIpc) is 2.62. The van der Waals surface area contributed by atoms with Gasteiger partial charge in [0.1, 0.15) is 12.4 Å². The molecule has 0 heterocycles. The lowest BCUT2D eigenvalue weighted by Crippen LogP contribution is -2.13. The van der Waals surface area contributed by atoms with Crippen molar-refractivity contribution in [3.8, 4) is 5.75 Å². The van der Waals surface area contributed by atoms with Crippen molar-refractivity contribution in [1.29, 1.82) is 0 Å². The van der Waals surface area contributed by atoms with Crippen molar-refractivity contribution in [2.75, 3.05) is 5.32 Å². The van der Waals surface area contributed by atoms with Crippen LogP contribution in [0.3, 0.4) is 0 Å². The van der Waals surface area contributed by atoms with Crippen LogP contribution in [0.15, 0.2) is 78.9 Å². The van der Waals surface area contributed by atoms with Gasteiger partial charge in [0, 0.05) is 10.7 Å². The highest BCUT2D eigenvalue weighted by molar-refractivity contribution is 6.30. The summed E-state index contributed by atoms with van der Waals surface area (Å²) >= 11 is 5.88. The summed E-state index contributed by atoms with van der Waals surface area (Å²) in [6, 6.07) is 23.9. The maximum absolute atomic E-state index is 12.5. The molecule has 120 valence electrons. The fourth-order valence-corrected chi connectivity index (χ4v) is 2.37. The molecule has 1 N–H and O–H groups in total. The summed E-state index contributed by atoms with van der Waals surface area (Å²) in [5, 5.41) is 3.55. The van der Waals surface area contributed by atoms with Crippen molar-refractivity contribution in [2.24, 2.45) is 0 Å². The zero-order valence-corrected chi connectivity index (χ0v) is 13.7. The topological polar surface area (TPSA) is 38.3 Å². The van der Waals surface area contributed by atoms with E-state index in [0.29, 0.717) is 22.9 Å². The summed E-state index contributed by atoms with van der Waals surface area (Å²) in [5.41, 5.74) is 2.22. The number of halogens is 1. The molecule has 1 amide bonds. The zero-order valence-electron chi connectivity index (χ0n) is 12.9. The first-order valence-corrected chi connectivity index (χ1v) is 7.93. The monoisotopic (exact) mass is 337 g/mol. The van der Waals surface area contributed by atoms with E-state index in [-0.39, 0.29) is 5.91 Å². The molecule has 0 aromatic heterocycles. The molecule has 0 unspecified atom stereocenters. The Hall–Kier alpha value is -2.78. The third kappa shape index (κ3) is 4.15. The first-order chi connectivity index (χ1) is 11.7. The van der Waals surface area contributed by atoms with Crippen LogP contribution in [-0.2, 0) is 6.61 Å². The van der Waals surface area contributed by atoms with E-state index >= 15 is 0 Å². The Morgan fingerprint density at radius 1 is 0.875 bits per heavy atom. The summed E-state index contributed by atoms with van der Waals surface area (Å²) in [7, 11) is 0. The Morgan fingerprint density at radius 3 is 2.29 bits per heavy atom. The van der Waals surface area contributed by atoms with Crippen molar-refractivity contribution < 1.29 is 9.53 Å². The molecule has 0 aliphatic heterocycles. The fraction of sp³-hybridized carbons (Fsp3) is 0.0500. The van der Waals surface area contributed by atoms with Crippen LogP contribution < -0.4 is 10.1 Å². The van der Waals surface area contributed by atoms with Crippen molar-refractivity contribution in [3.05, 3.63) is 95.0 Å². The van der Waals surface area contributed by atoms with E-state index in [1.165, 1.54) is 0 Å². The third-order valence-electron chi connectivity index (χ3n) is 3.47. The van der Waals surface area contributed by atoms with Crippen LogP contribution >= 0.6 is 11.6 Å². The number of rotatable bonds is 5. The predicted molar refractivity (Wildman–Crippen MR) is 96.6 cm³/mol. The van der Waals surface area contributed by atoms with Gasteiger partial charge in [0.05, 0.1) is 5.56 Å². The van der Waals surface area contributed by atoms with Gasteiger partial charge < -0.3 is 10.1 Å². The van der Waals surface area contributed by atoms with Crippen LogP contribution in [0.4, 0.5) is 5.69 Å². The minimum Gasteiger partial charge on any atom is -0.488 e. The molecule has 4 heteroatoms. The van der Waals surface area contributed by atoms with Gasteiger partial charge in [-0.15, -0.1) is 0 Å². The first kappa shape index (κ1) is 16.1. The molecule has 3 rings (SSSR count). The van der Waals surface area contributed by atoms with E-state index < -0.39 is 0 Å². The van der Waals surface area contributed by atoms with E-state index in [1.54, 1.807) is 12.1 Å². The Morgan fingerprint density at radius 2 is 1.54 bits per heavy atom. The molecular formula is C20H16ClNO2. The number of hydrogen-bond acceptors (Lipinski definition) is 2. The van der Waals surface area contributed by atoms with Crippen LogP contribution in [0.1, 0.15) is 15.9 Å². The Balaban J connectivity index is 1.72. The molecular weight excluding hydrogens is 322 g/mol. The van der Waals surface area contributed by atoms with Crippen LogP contribution in [0.2, 0.25) is 5.02 Å². The quantitative estimate of drug-likeness (QED) is 0.697. The smallest absolute Gasteiger partial charge is 0.259 e. The van der Waals surface area contributed by atoms with Crippen molar-refractivity contribution >= 4 is 23.2 Å². The molecule has 0 saturated carbocycles. The predicted octanol–water partition coefficient (Wildman–Crippen LogP) is 5.17. The second kappa shape index (κ2) is 7.66. The highest BCUT2D eigenvalue weighted by Crippen LogP contribution is 2.21. The minimum absolute atomic E-state index is 0.201. The Kier molecular flexibility index (Phi) is 5.14. The summed E-state index contributed by atoms with van der Waals surface area (Å²) in [6.45, 7) is 0.368. The number of carbonyl (C=O) groups is 1. The van der Waals surface area contributed by atoms with Gasteiger partial charge in [0.2, 0.25) is 0 Å². The second-order valence-corrected chi connectivity index (χ2v) is 5.67. The van der Waals surface area contributed by atoms with E-state index in [0.717, 1.165) is 11.3 Å². The number of nitrogens with one attached hydrogen (secondary N) is 1. The summed E-state index contributed by atoms with van der Waals surface area (Å²) in [4.78, 5) is 12.5. The van der Waals surface area contributed by atoms with Crippen LogP contribution in [-0.4, -0.2) is 5.91 Å².